The molecule has 3 fully saturated rings. The maximum absolute atomic E-state index is 13.4. The molecule has 52 heavy (non-hydrogen) atoms. The minimum atomic E-state index is -1.31. The predicted octanol–water partition coefficient (Wildman–Crippen LogP) is -7.23. The fourth-order valence-electron chi connectivity index (χ4n) is 5.13. The summed E-state index contributed by atoms with van der Waals surface area (Å²) < 4.78 is 0. The summed E-state index contributed by atoms with van der Waals surface area (Å²) in [5, 5.41) is 23.6. The first kappa shape index (κ1) is 40.9. The van der Waals surface area contributed by atoms with Gasteiger partial charge in [-0.15, -0.1) is 11.8 Å². The second kappa shape index (κ2) is 20.4. The Morgan fingerprint density at radius 1 is 0.500 bits per heavy atom. The standard InChI is InChI=1S/C29H43N11O11S/c41-18-3-6-30-19(42)13-38-28(51)29(4-1-2-5-29)39-27(50)17-15-52-16-40(17)26(49)14-37-25(48)12-36-24(47)11-35-23(46)10-34-22(45)9-33-21(44)8-32-20(43)7-31-18/h17H,1-16H2,(H,30,42)(H,31,41)(H,32,43)(H,33,44)(H,34,45)(H,35,46)(H,36,47)(H,37,48)(H,38,51)(H,39,50). The molecule has 0 aromatic carbocycles. The number of rotatable bonds is 0. The van der Waals surface area contributed by atoms with Crippen LogP contribution in [0.5, 0.6) is 0 Å². The molecule has 0 aromatic rings. The fourth-order valence-corrected chi connectivity index (χ4v) is 6.31. The first-order chi connectivity index (χ1) is 24.8. The lowest BCUT2D eigenvalue weighted by Gasteiger charge is -2.32. The molecule has 1 unspecified atom stereocenters. The number of hydrogen-bond donors (Lipinski definition) is 10. The lowest BCUT2D eigenvalue weighted by molar-refractivity contribution is -0.141. The molecule has 3 aliphatic rings. The van der Waals surface area contributed by atoms with E-state index in [9.17, 15) is 52.7 Å². The van der Waals surface area contributed by atoms with E-state index in [1.165, 1.54) is 16.7 Å². The van der Waals surface area contributed by atoms with Crippen LogP contribution in [0.4, 0.5) is 0 Å². The molecule has 1 spiro atoms. The number of amides is 11. The zero-order valence-electron chi connectivity index (χ0n) is 28.2. The summed E-state index contributed by atoms with van der Waals surface area (Å²) in [7, 11) is 0. The summed E-state index contributed by atoms with van der Waals surface area (Å²) in [5.74, 6) is -6.94. The van der Waals surface area contributed by atoms with E-state index >= 15 is 0 Å². The normalized spacial score (nSPS) is 23.6. The minimum Gasteiger partial charge on any atom is -0.354 e. The van der Waals surface area contributed by atoms with Gasteiger partial charge in [-0.3, -0.25) is 52.7 Å². The zero-order valence-corrected chi connectivity index (χ0v) is 29.1. The second-order valence-corrected chi connectivity index (χ2v) is 12.9. The van der Waals surface area contributed by atoms with Crippen molar-refractivity contribution >= 4 is 76.7 Å². The van der Waals surface area contributed by atoms with Gasteiger partial charge in [0.25, 0.3) is 0 Å². The highest BCUT2D eigenvalue weighted by Crippen LogP contribution is 2.31. The Hall–Kier alpha value is -5.48. The van der Waals surface area contributed by atoms with Crippen molar-refractivity contribution in [2.45, 2.75) is 43.7 Å². The summed E-state index contributed by atoms with van der Waals surface area (Å²) in [6.07, 6.45) is 1.68. The summed E-state index contributed by atoms with van der Waals surface area (Å²) in [6, 6.07) is -0.935. The van der Waals surface area contributed by atoms with Crippen molar-refractivity contribution in [3.05, 3.63) is 0 Å². The molecule has 1 saturated carbocycles. The predicted molar refractivity (Wildman–Crippen MR) is 179 cm³/mol. The van der Waals surface area contributed by atoms with Gasteiger partial charge in [0.1, 0.15) is 11.6 Å². The molecule has 2 heterocycles. The minimum absolute atomic E-state index is 0.117. The number of carbonyl (C=O) groups excluding carboxylic acids is 11. The maximum Gasteiger partial charge on any atom is 0.246 e. The Labute approximate surface area is 301 Å². The number of carbonyl (C=O) groups is 11. The molecule has 1 atom stereocenters. The number of thioether (sulfide) groups is 1. The smallest absolute Gasteiger partial charge is 0.246 e. The zero-order chi connectivity index (χ0) is 38.1. The van der Waals surface area contributed by atoms with Gasteiger partial charge in [-0.2, -0.15) is 0 Å². The molecule has 2 aliphatic heterocycles. The highest BCUT2D eigenvalue weighted by Gasteiger charge is 2.45. The van der Waals surface area contributed by atoms with Gasteiger partial charge in [0.15, 0.2) is 0 Å². The fraction of sp³-hybridized carbons (Fsp3) is 0.621. The van der Waals surface area contributed by atoms with E-state index in [-0.39, 0.29) is 24.6 Å². The summed E-state index contributed by atoms with van der Waals surface area (Å²) in [5.41, 5.74) is -1.31. The van der Waals surface area contributed by atoms with Crippen LogP contribution in [0.25, 0.3) is 0 Å². The molecule has 22 nitrogen and oxygen atoms in total. The molecule has 0 bridgehead atoms. The third-order valence-corrected chi connectivity index (χ3v) is 8.97. The number of nitrogens with zero attached hydrogens (tertiary/aromatic N) is 1. The average Bonchev–Trinajstić information content (AvgIpc) is 3.81. The third kappa shape index (κ3) is 13.7. The number of fused-ring (bicyclic) bond motifs is 1. The molecule has 0 radical (unpaired) electrons. The Balaban J connectivity index is 1.59. The van der Waals surface area contributed by atoms with Gasteiger partial charge in [0.05, 0.1) is 58.2 Å². The van der Waals surface area contributed by atoms with E-state index in [2.05, 4.69) is 53.2 Å². The first-order valence-electron chi connectivity index (χ1n) is 16.4. The van der Waals surface area contributed by atoms with Gasteiger partial charge in [-0.1, -0.05) is 12.8 Å². The summed E-state index contributed by atoms with van der Waals surface area (Å²) in [6.45, 7) is -4.16. The van der Waals surface area contributed by atoms with Crippen molar-refractivity contribution in [3.63, 3.8) is 0 Å². The van der Waals surface area contributed by atoms with Crippen molar-refractivity contribution in [2.75, 3.05) is 70.5 Å². The molecule has 23 heteroatoms. The first-order valence-corrected chi connectivity index (χ1v) is 17.5. The third-order valence-electron chi connectivity index (χ3n) is 7.96. The van der Waals surface area contributed by atoms with Crippen LogP contribution in [0.15, 0.2) is 0 Å². The van der Waals surface area contributed by atoms with Crippen molar-refractivity contribution in [1.82, 2.24) is 58.1 Å². The topological polar surface area (TPSA) is 311 Å². The Morgan fingerprint density at radius 2 is 0.904 bits per heavy atom. The molecule has 2 saturated heterocycles. The molecule has 286 valence electrons. The van der Waals surface area contributed by atoms with Crippen molar-refractivity contribution in [2.24, 2.45) is 0 Å². The molecular weight excluding hydrogens is 710 g/mol. The van der Waals surface area contributed by atoms with Gasteiger partial charge in [0, 0.05) is 18.7 Å². The molecule has 11 amide bonds. The van der Waals surface area contributed by atoms with Crippen LogP contribution in [0.3, 0.4) is 0 Å². The van der Waals surface area contributed by atoms with E-state index in [0.29, 0.717) is 25.7 Å². The highest BCUT2D eigenvalue weighted by molar-refractivity contribution is 7.99. The Bertz CT molecular complexity index is 1440. The van der Waals surface area contributed by atoms with Gasteiger partial charge < -0.3 is 58.1 Å². The molecule has 1 aliphatic carbocycles. The van der Waals surface area contributed by atoms with Gasteiger partial charge in [0.2, 0.25) is 65.0 Å². The molecular formula is C29H43N11O11S. The Morgan fingerprint density at radius 3 is 1.38 bits per heavy atom. The van der Waals surface area contributed by atoms with Crippen LogP contribution < -0.4 is 53.2 Å². The van der Waals surface area contributed by atoms with E-state index < -0.39 is 129 Å². The monoisotopic (exact) mass is 753 g/mol. The van der Waals surface area contributed by atoms with Crippen molar-refractivity contribution < 1.29 is 52.7 Å². The number of hydrogen-bond acceptors (Lipinski definition) is 12. The van der Waals surface area contributed by atoms with E-state index in [4.69, 9.17) is 0 Å². The quantitative estimate of drug-likeness (QED) is 0.110. The van der Waals surface area contributed by atoms with Gasteiger partial charge >= 0.3 is 0 Å². The van der Waals surface area contributed by atoms with Gasteiger partial charge in [-0.05, 0) is 12.8 Å². The van der Waals surface area contributed by atoms with Crippen LogP contribution in [0, 0.1) is 0 Å². The Kier molecular flexibility index (Phi) is 16.1. The molecule has 10 N–H and O–H groups in total. The SMILES string of the molecule is O=C1CCNC(=O)CNC(=O)C2(CCCC2)NC(=O)C2CSCN2C(=O)CNC(=O)CNC(=O)CNC(=O)CNC(=O)CNC(=O)CNC(=O)CN1. The van der Waals surface area contributed by atoms with Crippen LogP contribution in [0.1, 0.15) is 32.1 Å². The summed E-state index contributed by atoms with van der Waals surface area (Å²) >= 11 is 1.31. The highest BCUT2D eigenvalue weighted by atomic mass is 32.2. The van der Waals surface area contributed by atoms with Crippen LogP contribution in [-0.4, -0.2) is 152 Å². The van der Waals surface area contributed by atoms with E-state index in [1.54, 1.807) is 0 Å². The van der Waals surface area contributed by atoms with Crippen molar-refractivity contribution in [1.29, 1.82) is 0 Å². The average molecular weight is 754 g/mol. The van der Waals surface area contributed by atoms with Gasteiger partial charge in [-0.25, -0.2) is 0 Å². The molecule has 3 rings (SSSR count). The lowest BCUT2D eigenvalue weighted by Crippen LogP contribution is -2.62. The van der Waals surface area contributed by atoms with E-state index in [1.807, 2.05) is 0 Å². The van der Waals surface area contributed by atoms with Crippen LogP contribution in [-0.2, 0) is 52.7 Å². The largest absolute Gasteiger partial charge is 0.354 e. The van der Waals surface area contributed by atoms with E-state index in [0.717, 1.165) is 0 Å². The maximum atomic E-state index is 13.4. The lowest BCUT2D eigenvalue weighted by atomic mass is 9.95. The van der Waals surface area contributed by atoms with Crippen LogP contribution >= 0.6 is 11.8 Å². The van der Waals surface area contributed by atoms with Crippen molar-refractivity contribution in [3.8, 4) is 0 Å². The van der Waals surface area contributed by atoms with Crippen LogP contribution in [0.2, 0.25) is 0 Å². The second-order valence-electron chi connectivity index (χ2n) is 11.9. The summed E-state index contributed by atoms with van der Waals surface area (Å²) in [4.78, 5) is 137. The number of nitrogens with one attached hydrogen (secondary N) is 10. The molecule has 0 aromatic heterocycles.